The molecular formula is C23H31N7O5S. The first-order valence-corrected chi connectivity index (χ1v) is 12.5. The zero-order chi connectivity index (χ0) is 26.1. The monoisotopic (exact) mass is 517 g/mol. The van der Waals surface area contributed by atoms with Crippen LogP contribution in [0.3, 0.4) is 0 Å². The van der Waals surface area contributed by atoms with E-state index in [1.165, 1.54) is 15.9 Å². The molecule has 194 valence electrons. The predicted octanol–water partition coefficient (Wildman–Crippen LogP) is 3.76. The van der Waals surface area contributed by atoms with Crippen molar-refractivity contribution in [2.24, 2.45) is 0 Å². The van der Waals surface area contributed by atoms with Crippen LogP contribution in [0.25, 0.3) is 17.0 Å². The molecule has 0 radical (unpaired) electrons. The third-order valence-corrected chi connectivity index (χ3v) is 5.79. The number of carbonyl (C=O) groups is 2. The normalized spacial score (nSPS) is 14.7. The third-order valence-electron chi connectivity index (χ3n) is 4.89. The minimum atomic E-state index is -0.848. The first-order valence-electron chi connectivity index (χ1n) is 11.6. The van der Waals surface area contributed by atoms with Crippen LogP contribution in [0.5, 0.6) is 0 Å². The standard InChI is InChI=1S/C23H31N7O5S/c1-22(2,3)34-20(31)29(21(32)35-23(4,5)6)13-18-26-25-17-8-7-15(27-30(17)18)16-14-36-19(24-16)28-9-11-33-12-10-28/h7-8,14H,9-13H2,1-6H3. The number of ether oxygens (including phenoxy) is 3. The quantitative estimate of drug-likeness (QED) is 0.505. The maximum Gasteiger partial charge on any atom is 0.420 e. The van der Waals surface area contributed by atoms with Crippen LogP contribution in [0, 0.1) is 0 Å². The number of fused-ring (bicyclic) bond motifs is 1. The number of hydrogen-bond acceptors (Lipinski definition) is 11. The third kappa shape index (κ3) is 6.26. The summed E-state index contributed by atoms with van der Waals surface area (Å²) in [5, 5.41) is 15.8. The topological polar surface area (TPSA) is 124 Å². The lowest BCUT2D eigenvalue weighted by molar-refractivity contribution is -0.000823. The smallest absolute Gasteiger partial charge is 0.420 e. The van der Waals surface area contributed by atoms with E-state index in [0.717, 1.165) is 23.1 Å². The van der Waals surface area contributed by atoms with E-state index in [2.05, 4.69) is 20.2 Å². The molecule has 0 bridgehead atoms. The molecule has 36 heavy (non-hydrogen) atoms. The minimum Gasteiger partial charge on any atom is -0.443 e. The largest absolute Gasteiger partial charge is 0.443 e. The molecule has 4 rings (SSSR count). The molecule has 0 N–H and O–H groups in total. The Bertz CT molecular complexity index is 1210. The second kappa shape index (κ2) is 9.97. The van der Waals surface area contributed by atoms with Crippen LogP contribution in [0.4, 0.5) is 14.7 Å². The van der Waals surface area contributed by atoms with Gasteiger partial charge >= 0.3 is 12.2 Å². The van der Waals surface area contributed by atoms with Crippen molar-refractivity contribution in [3.05, 3.63) is 23.3 Å². The van der Waals surface area contributed by atoms with E-state index in [1.807, 2.05) is 11.4 Å². The molecule has 1 saturated heterocycles. The molecule has 0 spiro atoms. The maximum atomic E-state index is 12.9. The molecule has 2 amide bonds. The first-order chi connectivity index (χ1) is 16.9. The van der Waals surface area contributed by atoms with E-state index in [-0.39, 0.29) is 12.4 Å². The molecule has 0 aliphatic carbocycles. The Morgan fingerprint density at radius 1 is 1.00 bits per heavy atom. The Kier molecular flexibility index (Phi) is 7.14. The van der Waals surface area contributed by atoms with Gasteiger partial charge in [0.2, 0.25) is 0 Å². The van der Waals surface area contributed by atoms with Gasteiger partial charge in [-0.3, -0.25) is 0 Å². The molecule has 1 aliphatic rings. The highest BCUT2D eigenvalue weighted by Crippen LogP contribution is 2.27. The van der Waals surface area contributed by atoms with Gasteiger partial charge in [0.15, 0.2) is 16.6 Å². The number of carbonyl (C=O) groups excluding carboxylic acids is 2. The van der Waals surface area contributed by atoms with Crippen molar-refractivity contribution in [1.29, 1.82) is 0 Å². The van der Waals surface area contributed by atoms with Crippen molar-refractivity contribution in [2.75, 3.05) is 31.2 Å². The van der Waals surface area contributed by atoms with Crippen LogP contribution in [0.15, 0.2) is 17.5 Å². The number of morpholine rings is 1. The molecule has 12 nitrogen and oxygen atoms in total. The Labute approximate surface area is 213 Å². The van der Waals surface area contributed by atoms with Gasteiger partial charge in [-0.1, -0.05) is 0 Å². The lowest BCUT2D eigenvalue weighted by Gasteiger charge is -2.28. The van der Waals surface area contributed by atoms with E-state index in [9.17, 15) is 9.59 Å². The maximum absolute atomic E-state index is 12.9. The number of nitrogens with zero attached hydrogens (tertiary/aromatic N) is 7. The van der Waals surface area contributed by atoms with Crippen molar-refractivity contribution in [3.8, 4) is 11.4 Å². The van der Waals surface area contributed by atoms with Crippen molar-refractivity contribution in [1.82, 2.24) is 29.7 Å². The van der Waals surface area contributed by atoms with Crippen LogP contribution in [0.1, 0.15) is 47.4 Å². The molecule has 0 atom stereocenters. The van der Waals surface area contributed by atoms with Gasteiger partial charge in [0, 0.05) is 18.5 Å². The van der Waals surface area contributed by atoms with Gasteiger partial charge in [0.1, 0.15) is 22.6 Å². The van der Waals surface area contributed by atoms with Gasteiger partial charge in [-0.15, -0.1) is 21.5 Å². The molecule has 0 saturated carbocycles. The molecule has 13 heteroatoms. The van der Waals surface area contributed by atoms with E-state index in [0.29, 0.717) is 30.2 Å². The van der Waals surface area contributed by atoms with Gasteiger partial charge in [-0.25, -0.2) is 19.5 Å². The fraction of sp³-hybridized carbons (Fsp3) is 0.565. The van der Waals surface area contributed by atoms with Crippen LogP contribution >= 0.6 is 11.3 Å². The molecule has 3 aromatic rings. The highest BCUT2D eigenvalue weighted by Gasteiger charge is 2.32. The number of anilines is 1. The minimum absolute atomic E-state index is 0.239. The van der Waals surface area contributed by atoms with E-state index >= 15 is 0 Å². The van der Waals surface area contributed by atoms with Crippen molar-refractivity contribution < 1.29 is 23.8 Å². The number of aromatic nitrogens is 5. The van der Waals surface area contributed by atoms with Crippen molar-refractivity contribution in [3.63, 3.8) is 0 Å². The molecule has 4 heterocycles. The van der Waals surface area contributed by atoms with Gasteiger partial charge in [0.25, 0.3) is 0 Å². The number of thiazole rings is 1. The molecule has 0 aromatic carbocycles. The molecule has 1 fully saturated rings. The molecule has 1 aliphatic heterocycles. The highest BCUT2D eigenvalue weighted by atomic mass is 32.1. The lowest BCUT2D eigenvalue weighted by Crippen LogP contribution is -2.43. The van der Waals surface area contributed by atoms with Crippen LogP contribution in [0.2, 0.25) is 0 Å². The number of imide groups is 1. The Hall–Kier alpha value is -3.32. The predicted molar refractivity (Wildman–Crippen MR) is 133 cm³/mol. The summed E-state index contributed by atoms with van der Waals surface area (Å²) < 4.78 is 17.8. The Morgan fingerprint density at radius 3 is 2.25 bits per heavy atom. The van der Waals surface area contributed by atoms with E-state index < -0.39 is 23.4 Å². The fourth-order valence-electron chi connectivity index (χ4n) is 3.33. The fourth-order valence-corrected chi connectivity index (χ4v) is 4.20. The summed E-state index contributed by atoms with van der Waals surface area (Å²) in [6, 6.07) is 3.57. The summed E-state index contributed by atoms with van der Waals surface area (Å²) in [5.74, 6) is 0.271. The summed E-state index contributed by atoms with van der Waals surface area (Å²) in [6.45, 7) is 13.0. The second-order valence-corrected chi connectivity index (χ2v) is 11.1. The van der Waals surface area contributed by atoms with Crippen LogP contribution < -0.4 is 4.90 Å². The van der Waals surface area contributed by atoms with Gasteiger partial charge < -0.3 is 19.1 Å². The van der Waals surface area contributed by atoms with E-state index in [4.69, 9.17) is 19.2 Å². The number of rotatable bonds is 4. The van der Waals surface area contributed by atoms with Crippen molar-refractivity contribution >= 4 is 34.3 Å². The van der Waals surface area contributed by atoms with E-state index in [1.54, 1.807) is 47.6 Å². The molecule has 0 unspecified atom stereocenters. The second-order valence-electron chi connectivity index (χ2n) is 10.3. The molecular weight excluding hydrogens is 486 g/mol. The van der Waals surface area contributed by atoms with Gasteiger partial charge in [-0.05, 0) is 53.7 Å². The average Bonchev–Trinajstić information content (AvgIpc) is 3.43. The van der Waals surface area contributed by atoms with Crippen molar-refractivity contribution in [2.45, 2.75) is 59.3 Å². The Balaban J connectivity index is 1.62. The summed E-state index contributed by atoms with van der Waals surface area (Å²) >= 11 is 1.54. The first kappa shape index (κ1) is 25.8. The highest BCUT2D eigenvalue weighted by molar-refractivity contribution is 7.14. The van der Waals surface area contributed by atoms with Gasteiger partial charge in [0.05, 0.1) is 19.8 Å². The zero-order valence-corrected chi connectivity index (χ0v) is 22.2. The zero-order valence-electron chi connectivity index (χ0n) is 21.3. The lowest BCUT2D eigenvalue weighted by atomic mass is 10.2. The van der Waals surface area contributed by atoms with Crippen LogP contribution in [-0.4, -0.2) is 79.4 Å². The van der Waals surface area contributed by atoms with Gasteiger partial charge in [-0.2, -0.15) is 9.61 Å². The summed E-state index contributed by atoms with van der Waals surface area (Å²) in [4.78, 5) is 33.6. The SMILES string of the molecule is CC(C)(C)OC(=O)N(Cc1nnc2ccc(-c3csc(N4CCOCC4)n3)nn12)C(=O)OC(C)(C)C. The summed E-state index contributed by atoms with van der Waals surface area (Å²) in [5.41, 5.74) is 0.169. The number of amides is 2. The number of hydrogen-bond donors (Lipinski definition) is 0. The van der Waals surface area contributed by atoms with Crippen LogP contribution in [-0.2, 0) is 20.8 Å². The summed E-state index contributed by atoms with van der Waals surface area (Å²) in [7, 11) is 0. The molecule has 3 aromatic heterocycles. The average molecular weight is 518 g/mol. The summed E-state index contributed by atoms with van der Waals surface area (Å²) in [6.07, 6.45) is -1.70. The Morgan fingerprint density at radius 2 is 1.64 bits per heavy atom.